The van der Waals surface area contributed by atoms with E-state index in [2.05, 4.69) is 0 Å². The molecule has 1 saturated heterocycles. The molecule has 0 spiro atoms. The normalized spacial score (nSPS) is 18.9. The number of hydrogen-bond acceptors (Lipinski definition) is 3. The average molecular weight is 246 g/mol. The summed E-state index contributed by atoms with van der Waals surface area (Å²) in [5.41, 5.74) is -0.977. The standard InChI is InChI=1S/C11H9F3O3/c12-11(13,14)8-1-2-10(7(3-8)4-15)17-6-9-5-16-9/h1-4,9H,5-6H2/t9-/m1/s1. The Labute approximate surface area is 95.1 Å². The van der Waals surface area contributed by atoms with Crippen LogP contribution in [0.2, 0.25) is 0 Å². The number of hydrogen-bond donors (Lipinski definition) is 0. The zero-order valence-corrected chi connectivity index (χ0v) is 8.66. The van der Waals surface area contributed by atoms with Gasteiger partial charge in [0, 0.05) is 0 Å². The van der Waals surface area contributed by atoms with Gasteiger partial charge in [0.2, 0.25) is 0 Å². The highest BCUT2D eigenvalue weighted by Crippen LogP contribution is 2.32. The van der Waals surface area contributed by atoms with E-state index in [1.807, 2.05) is 0 Å². The van der Waals surface area contributed by atoms with Crippen molar-refractivity contribution in [3.63, 3.8) is 0 Å². The Hall–Kier alpha value is -1.56. The Morgan fingerprint density at radius 3 is 2.71 bits per heavy atom. The smallest absolute Gasteiger partial charge is 0.416 e. The van der Waals surface area contributed by atoms with Crippen molar-refractivity contribution >= 4 is 6.29 Å². The number of aldehydes is 1. The van der Waals surface area contributed by atoms with E-state index in [0.717, 1.165) is 18.2 Å². The highest BCUT2D eigenvalue weighted by molar-refractivity contribution is 5.79. The molecule has 0 aliphatic carbocycles. The molecular weight excluding hydrogens is 237 g/mol. The molecule has 0 amide bonds. The molecule has 1 aliphatic rings. The Balaban J connectivity index is 2.18. The van der Waals surface area contributed by atoms with E-state index in [9.17, 15) is 18.0 Å². The van der Waals surface area contributed by atoms with Gasteiger partial charge in [-0.05, 0) is 18.2 Å². The molecule has 0 unspecified atom stereocenters. The summed E-state index contributed by atoms with van der Waals surface area (Å²) in [7, 11) is 0. The number of carbonyl (C=O) groups excluding carboxylic acids is 1. The Kier molecular flexibility index (Phi) is 3.06. The van der Waals surface area contributed by atoms with Gasteiger partial charge >= 0.3 is 6.18 Å². The third-order valence-corrected chi connectivity index (χ3v) is 2.29. The number of benzene rings is 1. The largest absolute Gasteiger partial charge is 0.490 e. The van der Waals surface area contributed by atoms with Gasteiger partial charge in [0.25, 0.3) is 0 Å². The first-order valence-electron chi connectivity index (χ1n) is 4.91. The molecule has 2 rings (SSSR count). The molecule has 3 nitrogen and oxygen atoms in total. The SMILES string of the molecule is O=Cc1cc(C(F)(F)F)ccc1OC[C@H]1CO1. The van der Waals surface area contributed by atoms with Crippen molar-refractivity contribution in [3.05, 3.63) is 29.3 Å². The van der Waals surface area contributed by atoms with E-state index < -0.39 is 11.7 Å². The first-order chi connectivity index (χ1) is 8.00. The molecular formula is C11H9F3O3. The lowest BCUT2D eigenvalue weighted by molar-refractivity contribution is -0.137. The molecule has 0 aromatic heterocycles. The highest BCUT2D eigenvalue weighted by atomic mass is 19.4. The van der Waals surface area contributed by atoms with E-state index in [1.54, 1.807) is 0 Å². The molecule has 1 aromatic carbocycles. The lowest BCUT2D eigenvalue weighted by Crippen LogP contribution is -2.09. The van der Waals surface area contributed by atoms with Crippen LogP contribution in [0.5, 0.6) is 5.75 Å². The maximum Gasteiger partial charge on any atom is 0.416 e. The minimum Gasteiger partial charge on any atom is -0.490 e. The van der Waals surface area contributed by atoms with E-state index in [1.165, 1.54) is 0 Å². The van der Waals surface area contributed by atoms with Crippen molar-refractivity contribution < 1.29 is 27.4 Å². The lowest BCUT2D eigenvalue weighted by atomic mass is 10.1. The summed E-state index contributed by atoms with van der Waals surface area (Å²) in [5.74, 6) is 0.142. The quantitative estimate of drug-likeness (QED) is 0.604. The highest BCUT2D eigenvalue weighted by Gasteiger charge is 2.31. The minimum absolute atomic E-state index is 0.0169. The molecule has 1 fully saturated rings. The van der Waals surface area contributed by atoms with Crippen molar-refractivity contribution in [2.24, 2.45) is 0 Å². The maximum atomic E-state index is 12.4. The zero-order chi connectivity index (χ0) is 12.5. The van der Waals surface area contributed by atoms with E-state index in [4.69, 9.17) is 9.47 Å². The molecule has 1 aliphatic heterocycles. The summed E-state index contributed by atoms with van der Waals surface area (Å²) in [6.07, 6.45) is -4.13. The van der Waals surface area contributed by atoms with Crippen molar-refractivity contribution in [2.75, 3.05) is 13.2 Å². The number of carbonyl (C=O) groups is 1. The summed E-state index contributed by atoms with van der Waals surface area (Å²) in [6, 6.07) is 2.81. The first kappa shape index (κ1) is 11.9. The number of alkyl halides is 3. The molecule has 0 bridgehead atoms. The average Bonchev–Trinajstić information content (AvgIpc) is 3.08. The molecule has 17 heavy (non-hydrogen) atoms. The molecule has 0 radical (unpaired) electrons. The fraction of sp³-hybridized carbons (Fsp3) is 0.364. The van der Waals surface area contributed by atoms with Crippen LogP contribution >= 0.6 is 0 Å². The van der Waals surface area contributed by atoms with Crippen LogP contribution in [-0.4, -0.2) is 25.6 Å². The second kappa shape index (κ2) is 4.37. The number of epoxide rings is 1. The van der Waals surface area contributed by atoms with Gasteiger partial charge in [-0.25, -0.2) is 0 Å². The second-order valence-electron chi connectivity index (χ2n) is 3.63. The second-order valence-corrected chi connectivity index (χ2v) is 3.63. The molecule has 92 valence electrons. The van der Waals surface area contributed by atoms with Crippen LogP contribution in [-0.2, 0) is 10.9 Å². The topological polar surface area (TPSA) is 38.8 Å². The van der Waals surface area contributed by atoms with Crippen molar-refractivity contribution in [3.8, 4) is 5.75 Å². The predicted octanol–water partition coefficient (Wildman–Crippen LogP) is 2.30. The Bertz CT molecular complexity index is 424. The van der Waals surface area contributed by atoms with Gasteiger partial charge in [0.15, 0.2) is 6.29 Å². The van der Waals surface area contributed by atoms with Crippen LogP contribution in [0.25, 0.3) is 0 Å². The van der Waals surface area contributed by atoms with Crippen LogP contribution < -0.4 is 4.74 Å². The maximum absolute atomic E-state index is 12.4. The van der Waals surface area contributed by atoms with Gasteiger partial charge in [-0.15, -0.1) is 0 Å². The fourth-order valence-electron chi connectivity index (χ4n) is 1.30. The van der Waals surface area contributed by atoms with E-state index >= 15 is 0 Å². The zero-order valence-electron chi connectivity index (χ0n) is 8.66. The van der Waals surface area contributed by atoms with Crippen LogP contribution in [0.3, 0.4) is 0 Å². The van der Waals surface area contributed by atoms with Gasteiger partial charge < -0.3 is 9.47 Å². The third-order valence-electron chi connectivity index (χ3n) is 2.29. The molecule has 1 aromatic rings. The van der Waals surface area contributed by atoms with Crippen molar-refractivity contribution in [1.82, 2.24) is 0 Å². The van der Waals surface area contributed by atoms with Crippen LogP contribution in [0, 0.1) is 0 Å². The van der Waals surface area contributed by atoms with Crippen molar-refractivity contribution in [1.29, 1.82) is 0 Å². The van der Waals surface area contributed by atoms with Gasteiger partial charge in [0.1, 0.15) is 18.5 Å². The van der Waals surface area contributed by atoms with Crippen molar-refractivity contribution in [2.45, 2.75) is 12.3 Å². The lowest BCUT2D eigenvalue weighted by Gasteiger charge is -2.10. The van der Waals surface area contributed by atoms with E-state index in [-0.39, 0.29) is 24.0 Å². The Morgan fingerprint density at radius 2 is 2.18 bits per heavy atom. The van der Waals surface area contributed by atoms with Gasteiger partial charge in [-0.1, -0.05) is 0 Å². The molecule has 0 saturated carbocycles. The third kappa shape index (κ3) is 2.97. The van der Waals surface area contributed by atoms with Gasteiger partial charge in [-0.2, -0.15) is 13.2 Å². The predicted molar refractivity (Wildman–Crippen MR) is 52.1 cm³/mol. The first-order valence-corrected chi connectivity index (χ1v) is 4.91. The van der Waals surface area contributed by atoms with Crippen LogP contribution in [0.1, 0.15) is 15.9 Å². The van der Waals surface area contributed by atoms with Crippen LogP contribution in [0.4, 0.5) is 13.2 Å². The number of ether oxygens (including phenoxy) is 2. The van der Waals surface area contributed by atoms with E-state index in [0.29, 0.717) is 12.9 Å². The molecule has 1 atom stereocenters. The number of halogens is 3. The molecule has 0 N–H and O–H groups in total. The minimum atomic E-state index is -4.46. The molecule has 6 heteroatoms. The number of rotatable bonds is 4. The summed E-state index contributed by atoms with van der Waals surface area (Å²) < 4.78 is 47.2. The fourth-order valence-corrected chi connectivity index (χ4v) is 1.30. The van der Waals surface area contributed by atoms with Gasteiger partial charge in [0.05, 0.1) is 17.7 Å². The summed E-state index contributed by atoms with van der Waals surface area (Å²) >= 11 is 0. The Morgan fingerprint density at radius 1 is 1.47 bits per heavy atom. The molecule has 1 heterocycles. The summed E-state index contributed by atoms with van der Waals surface area (Å²) in [5, 5.41) is 0. The van der Waals surface area contributed by atoms with Crippen LogP contribution in [0.15, 0.2) is 18.2 Å². The monoisotopic (exact) mass is 246 g/mol. The summed E-state index contributed by atoms with van der Waals surface area (Å²) in [4.78, 5) is 10.7. The van der Waals surface area contributed by atoms with Gasteiger partial charge in [-0.3, -0.25) is 4.79 Å². The summed E-state index contributed by atoms with van der Waals surface area (Å²) in [6.45, 7) is 0.823.